The SMILES string of the molecule is NCC1CC(=O)N(c2cc(I)ccn2)C1. The van der Waals surface area contributed by atoms with E-state index in [0.717, 1.165) is 9.39 Å². The molecular weight excluding hydrogens is 305 g/mol. The highest BCUT2D eigenvalue weighted by atomic mass is 127. The van der Waals surface area contributed by atoms with Crippen LogP contribution in [0.1, 0.15) is 6.42 Å². The number of hydrogen-bond donors (Lipinski definition) is 1. The average Bonchev–Trinajstić information content (AvgIpc) is 2.60. The Hall–Kier alpha value is -0.690. The Bertz CT molecular complexity index is 383. The van der Waals surface area contributed by atoms with Crippen molar-refractivity contribution in [2.75, 3.05) is 18.0 Å². The molecule has 1 fully saturated rings. The number of amides is 1. The van der Waals surface area contributed by atoms with Gasteiger partial charge in [-0.05, 0) is 47.2 Å². The maximum absolute atomic E-state index is 11.7. The Balaban J connectivity index is 2.21. The highest BCUT2D eigenvalue weighted by Crippen LogP contribution is 2.23. The van der Waals surface area contributed by atoms with Crippen molar-refractivity contribution in [1.82, 2.24) is 4.98 Å². The number of aromatic nitrogens is 1. The minimum Gasteiger partial charge on any atom is -0.330 e. The van der Waals surface area contributed by atoms with Gasteiger partial charge in [0, 0.05) is 22.7 Å². The third kappa shape index (κ3) is 2.28. The summed E-state index contributed by atoms with van der Waals surface area (Å²) in [5, 5.41) is 0. The van der Waals surface area contributed by atoms with Gasteiger partial charge in [-0.3, -0.25) is 9.69 Å². The van der Waals surface area contributed by atoms with Gasteiger partial charge < -0.3 is 5.73 Å². The molecule has 1 saturated heterocycles. The first-order valence-corrected chi connectivity index (χ1v) is 5.90. The third-order valence-electron chi connectivity index (χ3n) is 2.52. The number of halogens is 1. The molecule has 0 bridgehead atoms. The molecule has 1 aliphatic rings. The molecule has 2 heterocycles. The van der Waals surface area contributed by atoms with Crippen LogP contribution < -0.4 is 10.6 Å². The molecule has 0 radical (unpaired) electrons. The molecule has 2 rings (SSSR count). The minimum absolute atomic E-state index is 0.125. The van der Waals surface area contributed by atoms with Crippen molar-refractivity contribution in [3.8, 4) is 0 Å². The van der Waals surface area contributed by atoms with E-state index in [1.54, 1.807) is 11.1 Å². The Morgan fingerprint density at radius 2 is 2.47 bits per heavy atom. The number of carbonyl (C=O) groups excluding carboxylic acids is 1. The molecule has 1 atom stereocenters. The second kappa shape index (κ2) is 4.44. The molecule has 0 saturated carbocycles. The zero-order valence-electron chi connectivity index (χ0n) is 8.19. The van der Waals surface area contributed by atoms with Crippen molar-refractivity contribution in [3.05, 3.63) is 21.9 Å². The lowest BCUT2D eigenvalue weighted by Crippen LogP contribution is -2.26. The van der Waals surface area contributed by atoms with E-state index in [1.165, 1.54) is 0 Å². The number of nitrogens with zero attached hydrogens (tertiary/aromatic N) is 2. The molecule has 1 unspecified atom stereocenters. The summed E-state index contributed by atoms with van der Waals surface area (Å²) in [6, 6.07) is 3.82. The Morgan fingerprint density at radius 1 is 1.67 bits per heavy atom. The maximum atomic E-state index is 11.7. The van der Waals surface area contributed by atoms with Crippen LogP contribution in [-0.4, -0.2) is 24.0 Å². The van der Waals surface area contributed by atoms with Gasteiger partial charge in [-0.2, -0.15) is 0 Å². The highest BCUT2D eigenvalue weighted by molar-refractivity contribution is 14.1. The first-order valence-electron chi connectivity index (χ1n) is 4.82. The molecule has 80 valence electrons. The molecule has 0 aliphatic carbocycles. The van der Waals surface area contributed by atoms with Gasteiger partial charge in [0.25, 0.3) is 0 Å². The topological polar surface area (TPSA) is 59.2 Å². The van der Waals surface area contributed by atoms with Crippen molar-refractivity contribution in [3.63, 3.8) is 0 Å². The molecule has 1 aromatic heterocycles. The van der Waals surface area contributed by atoms with Crippen LogP contribution in [0.4, 0.5) is 5.82 Å². The molecule has 15 heavy (non-hydrogen) atoms. The van der Waals surface area contributed by atoms with Crippen LogP contribution in [0, 0.1) is 9.49 Å². The molecule has 4 nitrogen and oxygen atoms in total. The fraction of sp³-hybridized carbons (Fsp3) is 0.400. The molecule has 1 amide bonds. The lowest BCUT2D eigenvalue weighted by atomic mass is 10.1. The highest BCUT2D eigenvalue weighted by Gasteiger charge is 2.30. The second-order valence-corrected chi connectivity index (χ2v) is 4.89. The lowest BCUT2D eigenvalue weighted by Gasteiger charge is -2.15. The monoisotopic (exact) mass is 317 g/mol. The van der Waals surface area contributed by atoms with Crippen LogP contribution in [-0.2, 0) is 4.79 Å². The summed E-state index contributed by atoms with van der Waals surface area (Å²) >= 11 is 2.21. The number of carbonyl (C=O) groups is 1. The van der Waals surface area contributed by atoms with E-state index in [9.17, 15) is 4.79 Å². The number of pyridine rings is 1. The second-order valence-electron chi connectivity index (χ2n) is 3.64. The standard InChI is InChI=1S/C10H12IN3O/c11-8-1-2-13-9(4-8)14-6-7(5-12)3-10(14)15/h1-2,4,7H,3,5-6,12H2. The van der Waals surface area contributed by atoms with Crippen LogP contribution in [0.15, 0.2) is 18.3 Å². The molecule has 1 aliphatic heterocycles. The summed E-state index contributed by atoms with van der Waals surface area (Å²) in [4.78, 5) is 17.6. The van der Waals surface area contributed by atoms with Gasteiger partial charge in [0.2, 0.25) is 5.91 Å². The van der Waals surface area contributed by atoms with E-state index in [1.807, 2.05) is 12.1 Å². The molecule has 1 aromatic rings. The van der Waals surface area contributed by atoms with Crippen LogP contribution in [0.3, 0.4) is 0 Å². The summed E-state index contributed by atoms with van der Waals surface area (Å²) in [6.45, 7) is 1.26. The van der Waals surface area contributed by atoms with E-state index < -0.39 is 0 Å². The van der Waals surface area contributed by atoms with Gasteiger partial charge in [-0.15, -0.1) is 0 Å². The first kappa shape index (κ1) is 10.8. The zero-order chi connectivity index (χ0) is 10.8. The van der Waals surface area contributed by atoms with Crippen LogP contribution in [0.5, 0.6) is 0 Å². The Kier molecular flexibility index (Phi) is 3.20. The minimum atomic E-state index is 0.125. The van der Waals surface area contributed by atoms with Gasteiger partial charge in [0.05, 0.1) is 0 Å². The smallest absolute Gasteiger partial charge is 0.228 e. The fourth-order valence-electron chi connectivity index (χ4n) is 1.70. The van der Waals surface area contributed by atoms with Gasteiger partial charge in [0.15, 0.2) is 0 Å². The number of hydrogen-bond acceptors (Lipinski definition) is 3. The van der Waals surface area contributed by atoms with E-state index in [4.69, 9.17) is 5.73 Å². The Labute approximate surface area is 102 Å². The summed E-state index contributed by atoms with van der Waals surface area (Å²) < 4.78 is 1.08. The normalized spacial score (nSPS) is 21.1. The van der Waals surface area contributed by atoms with Crippen LogP contribution in [0.25, 0.3) is 0 Å². The average molecular weight is 317 g/mol. The van der Waals surface area contributed by atoms with Crippen LogP contribution >= 0.6 is 22.6 Å². The van der Waals surface area contributed by atoms with Gasteiger partial charge in [0.1, 0.15) is 5.82 Å². The lowest BCUT2D eigenvalue weighted by molar-refractivity contribution is -0.117. The largest absolute Gasteiger partial charge is 0.330 e. The predicted molar refractivity (Wildman–Crippen MR) is 66.5 cm³/mol. The zero-order valence-corrected chi connectivity index (χ0v) is 10.3. The molecule has 2 N–H and O–H groups in total. The summed E-state index contributed by atoms with van der Waals surface area (Å²) in [5.74, 6) is 1.14. The number of nitrogens with two attached hydrogens (primary N) is 1. The van der Waals surface area contributed by atoms with Crippen LogP contribution in [0.2, 0.25) is 0 Å². The Morgan fingerprint density at radius 3 is 3.07 bits per heavy atom. The number of rotatable bonds is 2. The van der Waals surface area contributed by atoms with Crippen molar-refractivity contribution in [2.45, 2.75) is 6.42 Å². The summed E-state index contributed by atoms with van der Waals surface area (Å²) in [7, 11) is 0. The summed E-state index contributed by atoms with van der Waals surface area (Å²) in [6.07, 6.45) is 2.27. The molecule has 0 spiro atoms. The fourth-order valence-corrected chi connectivity index (χ4v) is 2.14. The van der Waals surface area contributed by atoms with Gasteiger partial charge in [-0.1, -0.05) is 0 Å². The third-order valence-corrected chi connectivity index (χ3v) is 3.19. The summed E-state index contributed by atoms with van der Waals surface area (Å²) in [5.41, 5.74) is 5.57. The predicted octanol–water partition coefficient (Wildman–Crippen LogP) is 0.998. The molecule has 5 heteroatoms. The molecular formula is C10H12IN3O. The van der Waals surface area contributed by atoms with E-state index in [-0.39, 0.29) is 11.8 Å². The van der Waals surface area contributed by atoms with E-state index in [0.29, 0.717) is 19.5 Å². The van der Waals surface area contributed by atoms with Gasteiger partial charge >= 0.3 is 0 Å². The van der Waals surface area contributed by atoms with Crippen molar-refractivity contribution >= 4 is 34.3 Å². The van der Waals surface area contributed by atoms with Crippen molar-refractivity contribution in [2.24, 2.45) is 11.7 Å². The van der Waals surface area contributed by atoms with Crippen molar-refractivity contribution in [1.29, 1.82) is 0 Å². The van der Waals surface area contributed by atoms with Gasteiger partial charge in [-0.25, -0.2) is 4.98 Å². The van der Waals surface area contributed by atoms with E-state index >= 15 is 0 Å². The van der Waals surface area contributed by atoms with E-state index in [2.05, 4.69) is 27.6 Å². The van der Waals surface area contributed by atoms with Crippen molar-refractivity contribution < 1.29 is 4.79 Å². The first-order chi connectivity index (χ1) is 7.20. The maximum Gasteiger partial charge on any atom is 0.228 e. The molecule has 0 aromatic carbocycles. The number of anilines is 1. The quantitative estimate of drug-likeness (QED) is 0.828.